The molecule has 1 fully saturated rings. The van der Waals surface area contributed by atoms with Gasteiger partial charge >= 0.3 is 5.76 Å². The van der Waals surface area contributed by atoms with Crippen molar-refractivity contribution in [2.45, 2.75) is 26.7 Å². The van der Waals surface area contributed by atoms with E-state index in [0.29, 0.717) is 34.3 Å². The molecule has 1 saturated heterocycles. The van der Waals surface area contributed by atoms with Gasteiger partial charge in [-0.15, -0.1) is 0 Å². The van der Waals surface area contributed by atoms with Gasteiger partial charge in [-0.05, 0) is 62.1 Å². The van der Waals surface area contributed by atoms with Gasteiger partial charge in [0.05, 0.1) is 16.8 Å². The van der Waals surface area contributed by atoms with E-state index in [1.807, 2.05) is 19.1 Å². The number of carbonyl (C=O) groups is 1. The Bertz CT molecular complexity index is 1450. The highest BCUT2D eigenvalue weighted by Gasteiger charge is 2.21. The molecule has 0 saturated carbocycles. The molecule has 0 unspecified atom stereocenters. The summed E-state index contributed by atoms with van der Waals surface area (Å²) in [4.78, 5) is 37.4. The number of nitrogens with zero attached hydrogens (tertiary/aromatic N) is 3. The maximum absolute atomic E-state index is 12.1. The van der Waals surface area contributed by atoms with Crippen LogP contribution in [0.1, 0.15) is 35.7 Å². The second kappa shape index (κ2) is 9.13. The quantitative estimate of drug-likeness (QED) is 0.329. The number of anilines is 5. The second-order valence-corrected chi connectivity index (χ2v) is 8.97. The van der Waals surface area contributed by atoms with Crippen molar-refractivity contribution < 1.29 is 9.21 Å². The standard InChI is InChI=1S/C25H27N7O3/c1-14-7-9-32(10-8-14)20-12-17(3-5-18(20)22(26)33)29-24-27-13-15(2)23(31-24)28-16-4-6-21-19(11-16)30-25(34)35-21/h3-6,11-14H,7-10H2,1-2H3,(H2,26,33)(H,30,34)(H2,27,28,29,31). The van der Waals surface area contributed by atoms with Gasteiger partial charge in [-0.2, -0.15) is 4.98 Å². The van der Waals surface area contributed by atoms with Crippen molar-refractivity contribution in [2.24, 2.45) is 11.7 Å². The number of hydrogen-bond acceptors (Lipinski definition) is 8. The zero-order valence-corrected chi connectivity index (χ0v) is 19.6. The Labute approximate surface area is 201 Å². The lowest BCUT2D eigenvalue weighted by Crippen LogP contribution is -2.34. The van der Waals surface area contributed by atoms with E-state index < -0.39 is 11.7 Å². The number of nitrogens with one attached hydrogen (secondary N) is 3. The van der Waals surface area contributed by atoms with Gasteiger partial charge in [-0.25, -0.2) is 9.78 Å². The summed E-state index contributed by atoms with van der Waals surface area (Å²) >= 11 is 0. The third-order valence-corrected chi connectivity index (χ3v) is 6.30. The molecule has 3 heterocycles. The highest BCUT2D eigenvalue weighted by atomic mass is 16.4. The van der Waals surface area contributed by atoms with Crippen LogP contribution in [0.5, 0.6) is 0 Å². The first-order valence-electron chi connectivity index (χ1n) is 11.5. The molecule has 5 rings (SSSR count). The molecule has 2 aromatic carbocycles. The van der Waals surface area contributed by atoms with Gasteiger partial charge in [0.1, 0.15) is 5.82 Å². The Morgan fingerprint density at radius 2 is 1.89 bits per heavy atom. The largest absolute Gasteiger partial charge is 0.417 e. The number of carbonyl (C=O) groups excluding carboxylic acids is 1. The maximum atomic E-state index is 12.1. The number of amides is 1. The average molecular weight is 474 g/mol. The van der Waals surface area contributed by atoms with Crippen LogP contribution in [-0.4, -0.2) is 33.9 Å². The van der Waals surface area contributed by atoms with E-state index in [1.54, 1.807) is 30.5 Å². The van der Waals surface area contributed by atoms with Crippen molar-refractivity contribution in [1.82, 2.24) is 15.0 Å². The van der Waals surface area contributed by atoms with E-state index in [4.69, 9.17) is 10.2 Å². The number of benzene rings is 2. The average Bonchev–Trinajstić information content (AvgIpc) is 3.21. The topological polar surface area (TPSA) is 142 Å². The summed E-state index contributed by atoms with van der Waals surface area (Å²) in [5.41, 5.74) is 10.4. The Morgan fingerprint density at radius 1 is 1.14 bits per heavy atom. The fraction of sp³-hybridized carbons (Fsp3) is 0.280. The number of aryl methyl sites for hydroxylation is 1. The van der Waals surface area contributed by atoms with Gasteiger partial charge in [0.2, 0.25) is 5.95 Å². The third kappa shape index (κ3) is 4.81. The highest BCUT2D eigenvalue weighted by molar-refractivity contribution is 5.99. The van der Waals surface area contributed by atoms with Gasteiger partial charge in [0.25, 0.3) is 5.91 Å². The smallest absolute Gasteiger partial charge is 0.408 e. The van der Waals surface area contributed by atoms with E-state index in [9.17, 15) is 9.59 Å². The molecule has 1 aliphatic rings. The molecule has 1 aliphatic heterocycles. The predicted molar refractivity (Wildman–Crippen MR) is 136 cm³/mol. The van der Waals surface area contributed by atoms with Crippen LogP contribution in [0, 0.1) is 12.8 Å². The van der Waals surface area contributed by atoms with Crippen LogP contribution >= 0.6 is 0 Å². The summed E-state index contributed by atoms with van der Waals surface area (Å²) in [5.74, 6) is 0.750. The lowest BCUT2D eigenvalue weighted by Gasteiger charge is -2.33. The molecule has 180 valence electrons. The van der Waals surface area contributed by atoms with Crippen molar-refractivity contribution in [3.8, 4) is 0 Å². The number of hydrogen-bond donors (Lipinski definition) is 4. The number of H-pyrrole nitrogens is 1. The highest BCUT2D eigenvalue weighted by Crippen LogP contribution is 2.30. The number of nitrogens with two attached hydrogens (primary N) is 1. The molecule has 35 heavy (non-hydrogen) atoms. The van der Waals surface area contributed by atoms with Crippen molar-refractivity contribution >= 4 is 45.8 Å². The van der Waals surface area contributed by atoms with Crippen LogP contribution in [0.3, 0.4) is 0 Å². The molecule has 0 atom stereocenters. The van der Waals surface area contributed by atoms with Crippen molar-refractivity contribution in [1.29, 1.82) is 0 Å². The molecule has 0 spiro atoms. The number of piperidine rings is 1. The van der Waals surface area contributed by atoms with E-state index in [1.165, 1.54) is 0 Å². The van der Waals surface area contributed by atoms with E-state index in [0.717, 1.165) is 48.6 Å². The summed E-state index contributed by atoms with van der Waals surface area (Å²) in [6, 6.07) is 10.8. The van der Waals surface area contributed by atoms with Gasteiger partial charge in [0, 0.05) is 36.2 Å². The number of aromatic amines is 1. The van der Waals surface area contributed by atoms with E-state index in [2.05, 4.69) is 37.4 Å². The fourth-order valence-electron chi connectivity index (χ4n) is 4.25. The van der Waals surface area contributed by atoms with Gasteiger partial charge in [0.15, 0.2) is 5.58 Å². The number of rotatable bonds is 6. The van der Waals surface area contributed by atoms with Gasteiger partial charge in [-0.3, -0.25) is 9.78 Å². The first-order chi connectivity index (χ1) is 16.9. The van der Waals surface area contributed by atoms with Gasteiger partial charge in [-0.1, -0.05) is 6.92 Å². The van der Waals surface area contributed by atoms with Crippen molar-refractivity contribution in [2.75, 3.05) is 28.6 Å². The molecular weight excluding hydrogens is 446 g/mol. The fourth-order valence-corrected chi connectivity index (χ4v) is 4.25. The minimum atomic E-state index is -0.498. The van der Waals surface area contributed by atoms with Crippen molar-refractivity contribution in [3.05, 3.63) is 64.3 Å². The first kappa shape index (κ1) is 22.5. The molecule has 0 aliphatic carbocycles. The summed E-state index contributed by atoms with van der Waals surface area (Å²) in [6.07, 6.45) is 3.87. The number of aromatic nitrogens is 3. The monoisotopic (exact) mass is 473 g/mol. The normalized spacial score (nSPS) is 14.3. The third-order valence-electron chi connectivity index (χ3n) is 6.30. The molecule has 0 bridgehead atoms. The van der Waals surface area contributed by atoms with Crippen LogP contribution in [0.2, 0.25) is 0 Å². The lowest BCUT2D eigenvalue weighted by molar-refractivity contribution is 0.100. The Morgan fingerprint density at radius 3 is 2.66 bits per heavy atom. The predicted octanol–water partition coefficient (Wildman–Crippen LogP) is 4.04. The van der Waals surface area contributed by atoms with E-state index in [-0.39, 0.29) is 0 Å². The Balaban J connectivity index is 1.39. The molecule has 1 amide bonds. The Hall–Kier alpha value is -4.34. The van der Waals surface area contributed by atoms with Gasteiger partial charge < -0.3 is 25.7 Å². The maximum Gasteiger partial charge on any atom is 0.417 e. The minimum Gasteiger partial charge on any atom is -0.408 e. The Kier molecular flexibility index (Phi) is 5.86. The van der Waals surface area contributed by atoms with Crippen LogP contribution in [0.4, 0.5) is 28.8 Å². The number of fused-ring (bicyclic) bond motifs is 1. The van der Waals surface area contributed by atoms with Crippen LogP contribution < -0.4 is 27.0 Å². The minimum absolute atomic E-state index is 0.404. The number of oxazole rings is 1. The molecule has 10 nitrogen and oxygen atoms in total. The lowest BCUT2D eigenvalue weighted by atomic mass is 9.98. The van der Waals surface area contributed by atoms with Crippen LogP contribution in [0.15, 0.2) is 51.8 Å². The molecule has 10 heteroatoms. The zero-order valence-electron chi connectivity index (χ0n) is 19.6. The molecule has 5 N–H and O–H groups in total. The van der Waals surface area contributed by atoms with Crippen LogP contribution in [-0.2, 0) is 0 Å². The summed E-state index contributed by atoms with van der Waals surface area (Å²) < 4.78 is 5.06. The van der Waals surface area contributed by atoms with E-state index >= 15 is 0 Å². The number of primary amides is 1. The molecule has 2 aromatic heterocycles. The molecular formula is C25H27N7O3. The molecule has 0 radical (unpaired) electrons. The SMILES string of the molecule is Cc1cnc(Nc2ccc(C(N)=O)c(N3CCC(C)CC3)c2)nc1Nc1ccc2oc(=O)[nH]c2c1. The van der Waals surface area contributed by atoms with Crippen LogP contribution in [0.25, 0.3) is 11.1 Å². The summed E-state index contributed by atoms with van der Waals surface area (Å²) in [5, 5.41) is 6.51. The second-order valence-electron chi connectivity index (χ2n) is 8.97. The van der Waals surface area contributed by atoms with Crippen molar-refractivity contribution in [3.63, 3.8) is 0 Å². The zero-order chi connectivity index (χ0) is 24.5. The molecule has 4 aromatic rings. The summed E-state index contributed by atoms with van der Waals surface area (Å²) in [6.45, 7) is 5.91. The first-order valence-corrected chi connectivity index (χ1v) is 11.5. The summed E-state index contributed by atoms with van der Waals surface area (Å²) in [7, 11) is 0.